The Morgan fingerprint density at radius 3 is 2.52 bits per heavy atom. The number of aliphatic carboxylic acids is 1. The Labute approximate surface area is 146 Å². The molecule has 2 N–H and O–H groups in total. The highest BCUT2D eigenvalue weighted by Gasteiger charge is 2.29. The van der Waals surface area contributed by atoms with E-state index in [2.05, 4.69) is 5.32 Å². The topological polar surface area (TPSA) is 113 Å². The van der Waals surface area contributed by atoms with Crippen molar-refractivity contribution in [3.63, 3.8) is 0 Å². The first-order chi connectivity index (χ1) is 11.9. The van der Waals surface area contributed by atoms with Crippen molar-refractivity contribution in [1.29, 1.82) is 0 Å². The molecule has 1 heterocycles. The number of ether oxygens (including phenoxy) is 1. The summed E-state index contributed by atoms with van der Waals surface area (Å²) in [6.07, 6.45) is 0.998. The van der Waals surface area contributed by atoms with Crippen LogP contribution in [0.25, 0.3) is 0 Å². The lowest BCUT2D eigenvalue weighted by Gasteiger charge is -2.26. The van der Waals surface area contributed by atoms with Crippen LogP contribution in [0.2, 0.25) is 0 Å². The third-order valence-electron chi connectivity index (χ3n) is 3.82. The van der Waals surface area contributed by atoms with Crippen molar-refractivity contribution in [3.8, 4) is 0 Å². The van der Waals surface area contributed by atoms with Gasteiger partial charge in [-0.2, -0.15) is 4.31 Å². The number of nitrogens with zero attached hydrogens (tertiary/aromatic N) is 1. The monoisotopic (exact) mass is 370 g/mol. The third-order valence-corrected chi connectivity index (χ3v) is 5.78. The van der Waals surface area contributed by atoms with Crippen molar-refractivity contribution in [2.24, 2.45) is 0 Å². The number of hydrogen-bond acceptors (Lipinski definition) is 5. The number of amides is 1. The van der Waals surface area contributed by atoms with E-state index in [-0.39, 0.29) is 36.5 Å². The molecule has 0 radical (unpaired) electrons. The maximum absolute atomic E-state index is 12.8. The van der Waals surface area contributed by atoms with Crippen LogP contribution in [0.5, 0.6) is 0 Å². The number of carboxylic acids is 1. The molecular weight excluding hydrogens is 348 g/mol. The van der Waals surface area contributed by atoms with Gasteiger partial charge < -0.3 is 15.2 Å². The van der Waals surface area contributed by atoms with Crippen molar-refractivity contribution in [3.05, 3.63) is 29.8 Å². The molecular formula is C16H22N2O6S. The fourth-order valence-electron chi connectivity index (χ4n) is 2.50. The average Bonchev–Trinajstić information content (AvgIpc) is 2.61. The smallest absolute Gasteiger partial charge is 0.303 e. The van der Waals surface area contributed by atoms with E-state index in [1.807, 2.05) is 0 Å². The van der Waals surface area contributed by atoms with Gasteiger partial charge >= 0.3 is 5.97 Å². The quantitative estimate of drug-likeness (QED) is 0.651. The number of morpholine rings is 1. The van der Waals surface area contributed by atoms with Crippen LogP contribution in [-0.4, -0.2) is 62.6 Å². The van der Waals surface area contributed by atoms with Gasteiger partial charge in [0.1, 0.15) is 0 Å². The van der Waals surface area contributed by atoms with E-state index in [1.165, 1.54) is 16.4 Å². The predicted octanol–water partition coefficient (Wildman–Crippen LogP) is 0.692. The van der Waals surface area contributed by atoms with E-state index < -0.39 is 21.9 Å². The van der Waals surface area contributed by atoms with Gasteiger partial charge in [-0.3, -0.25) is 9.59 Å². The Hall–Kier alpha value is -1.97. The zero-order valence-electron chi connectivity index (χ0n) is 13.8. The number of sulfonamides is 1. The summed E-state index contributed by atoms with van der Waals surface area (Å²) >= 11 is 0. The van der Waals surface area contributed by atoms with Gasteiger partial charge in [0.15, 0.2) is 0 Å². The molecule has 1 aliphatic rings. The maximum atomic E-state index is 12.8. The zero-order valence-corrected chi connectivity index (χ0v) is 14.6. The standard InChI is InChI=1S/C16H22N2O6S/c19-15(20)7-3-4-8-17-16(21)13-5-1-2-6-14(13)25(22,23)18-9-11-24-12-10-18/h1-2,5-6H,3-4,7-12H2,(H,17,21)(H,19,20). The molecule has 0 atom stereocenters. The second kappa shape index (κ2) is 8.93. The van der Waals surface area contributed by atoms with Crippen LogP contribution in [-0.2, 0) is 19.6 Å². The van der Waals surface area contributed by atoms with E-state index in [0.717, 1.165) is 0 Å². The summed E-state index contributed by atoms with van der Waals surface area (Å²) < 4.78 is 32.1. The van der Waals surface area contributed by atoms with E-state index in [0.29, 0.717) is 26.1 Å². The molecule has 0 bridgehead atoms. The summed E-state index contributed by atoms with van der Waals surface area (Å²) in [5, 5.41) is 11.2. The SMILES string of the molecule is O=C(O)CCCCNC(=O)c1ccccc1S(=O)(=O)N1CCOCC1. The van der Waals surface area contributed by atoms with Crippen LogP contribution < -0.4 is 5.32 Å². The van der Waals surface area contributed by atoms with E-state index in [1.54, 1.807) is 12.1 Å². The van der Waals surface area contributed by atoms with Crippen LogP contribution in [0.4, 0.5) is 0 Å². The molecule has 9 heteroatoms. The highest BCUT2D eigenvalue weighted by Crippen LogP contribution is 2.21. The summed E-state index contributed by atoms with van der Waals surface area (Å²) in [5.74, 6) is -1.36. The molecule has 1 aromatic carbocycles. The lowest BCUT2D eigenvalue weighted by atomic mass is 10.2. The minimum Gasteiger partial charge on any atom is -0.481 e. The molecule has 1 aromatic rings. The summed E-state index contributed by atoms with van der Waals surface area (Å²) in [7, 11) is -3.77. The second-order valence-corrected chi connectivity index (χ2v) is 7.53. The van der Waals surface area contributed by atoms with Gasteiger partial charge in [0.2, 0.25) is 10.0 Å². The number of hydrogen-bond donors (Lipinski definition) is 2. The Bertz CT molecular complexity index is 713. The van der Waals surface area contributed by atoms with Gasteiger partial charge in [0.05, 0.1) is 23.7 Å². The van der Waals surface area contributed by atoms with Crippen LogP contribution in [0.15, 0.2) is 29.2 Å². The summed E-state index contributed by atoms with van der Waals surface area (Å²) in [5.41, 5.74) is 0.0900. The molecule has 0 saturated carbocycles. The molecule has 138 valence electrons. The summed E-state index contributed by atoms with van der Waals surface area (Å²) in [6, 6.07) is 6.08. The first-order valence-electron chi connectivity index (χ1n) is 8.10. The Kier molecular flexibility index (Phi) is 6.91. The van der Waals surface area contributed by atoms with Crippen LogP contribution in [0, 0.1) is 0 Å². The van der Waals surface area contributed by atoms with Gasteiger partial charge in [-0.1, -0.05) is 12.1 Å². The van der Waals surface area contributed by atoms with Gasteiger partial charge in [-0.05, 0) is 25.0 Å². The lowest BCUT2D eigenvalue weighted by Crippen LogP contribution is -2.41. The average molecular weight is 370 g/mol. The molecule has 0 aliphatic carbocycles. The Morgan fingerprint density at radius 1 is 1.16 bits per heavy atom. The normalized spacial score (nSPS) is 15.7. The molecule has 1 saturated heterocycles. The van der Waals surface area contributed by atoms with E-state index >= 15 is 0 Å². The molecule has 1 aliphatic heterocycles. The number of carbonyl (C=O) groups is 2. The highest BCUT2D eigenvalue weighted by atomic mass is 32.2. The second-order valence-electron chi connectivity index (χ2n) is 5.62. The van der Waals surface area contributed by atoms with Gasteiger partial charge in [0, 0.05) is 26.1 Å². The van der Waals surface area contributed by atoms with E-state index in [4.69, 9.17) is 9.84 Å². The summed E-state index contributed by atoms with van der Waals surface area (Å²) in [6.45, 7) is 1.47. The zero-order chi connectivity index (χ0) is 18.3. The molecule has 0 unspecified atom stereocenters. The molecule has 2 rings (SSSR count). The Balaban J connectivity index is 2.06. The lowest BCUT2D eigenvalue weighted by molar-refractivity contribution is -0.137. The highest BCUT2D eigenvalue weighted by molar-refractivity contribution is 7.89. The number of unbranched alkanes of at least 4 members (excludes halogenated alkanes) is 1. The van der Waals surface area contributed by atoms with Crippen molar-refractivity contribution in [2.45, 2.75) is 24.2 Å². The van der Waals surface area contributed by atoms with Gasteiger partial charge in [-0.25, -0.2) is 8.42 Å². The first kappa shape index (κ1) is 19.4. The van der Waals surface area contributed by atoms with Crippen LogP contribution in [0.1, 0.15) is 29.6 Å². The fraction of sp³-hybridized carbons (Fsp3) is 0.500. The Morgan fingerprint density at radius 2 is 1.84 bits per heavy atom. The number of carbonyl (C=O) groups excluding carboxylic acids is 1. The molecule has 8 nitrogen and oxygen atoms in total. The number of benzene rings is 1. The minimum absolute atomic E-state index is 0.0278. The molecule has 0 aromatic heterocycles. The fourth-order valence-corrected chi connectivity index (χ4v) is 4.10. The van der Waals surface area contributed by atoms with Crippen molar-refractivity contribution < 1.29 is 27.9 Å². The first-order valence-corrected chi connectivity index (χ1v) is 9.54. The van der Waals surface area contributed by atoms with Crippen LogP contribution in [0.3, 0.4) is 0 Å². The number of rotatable bonds is 8. The van der Waals surface area contributed by atoms with Gasteiger partial charge in [-0.15, -0.1) is 0 Å². The number of carboxylic acid groups (broad SMARTS) is 1. The summed E-state index contributed by atoms with van der Waals surface area (Å²) in [4.78, 5) is 22.8. The minimum atomic E-state index is -3.77. The molecule has 1 fully saturated rings. The number of nitrogens with one attached hydrogen (secondary N) is 1. The molecule has 1 amide bonds. The van der Waals surface area contributed by atoms with Gasteiger partial charge in [0.25, 0.3) is 5.91 Å². The third kappa shape index (κ3) is 5.25. The molecule has 25 heavy (non-hydrogen) atoms. The van der Waals surface area contributed by atoms with Crippen molar-refractivity contribution in [1.82, 2.24) is 9.62 Å². The van der Waals surface area contributed by atoms with Crippen LogP contribution >= 0.6 is 0 Å². The molecule has 0 spiro atoms. The predicted molar refractivity (Wildman–Crippen MR) is 89.8 cm³/mol. The van der Waals surface area contributed by atoms with Crippen molar-refractivity contribution in [2.75, 3.05) is 32.8 Å². The van der Waals surface area contributed by atoms with Crippen molar-refractivity contribution >= 4 is 21.9 Å². The maximum Gasteiger partial charge on any atom is 0.303 e. The van der Waals surface area contributed by atoms with E-state index in [9.17, 15) is 18.0 Å². The largest absolute Gasteiger partial charge is 0.481 e.